The van der Waals surface area contributed by atoms with Gasteiger partial charge < -0.3 is 15.0 Å². The van der Waals surface area contributed by atoms with E-state index in [1.807, 2.05) is 4.90 Å². The molecular weight excluding hydrogens is 451 g/mol. The maximum atomic E-state index is 14.3. The van der Waals surface area contributed by atoms with E-state index in [2.05, 4.69) is 37.2 Å². The van der Waals surface area contributed by atoms with Crippen LogP contribution in [0, 0.1) is 5.82 Å². The summed E-state index contributed by atoms with van der Waals surface area (Å²) in [6, 6.07) is 6.48. The highest BCUT2D eigenvalue weighted by molar-refractivity contribution is 9.13. The zero-order chi connectivity index (χ0) is 16.4. The maximum absolute atomic E-state index is 14.3. The molecule has 1 aliphatic heterocycles. The number of carbonyl (C=O) groups is 1. The molecule has 8 heteroatoms. The lowest BCUT2D eigenvalue weighted by Gasteiger charge is -2.29. The first kappa shape index (κ1) is 16.9. The second kappa shape index (κ2) is 7.29. The number of hydrogen-bond donors (Lipinski definition) is 1. The van der Waals surface area contributed by atoms with E-state index in [9.17, 15) is 9.18 Å². The van der Waals surface area contributed by atoms with Crippen LogP contribution in [-0.4, -0.2) is 32.2 Å². The molecule has 0 spiro atoms. The van der Waals surface area contributed by atoms with Crippen molar-refractivity contribution < 1.29 is 13.9 Å². The highest BCUT2D eigenvalue weighted by Crippen LogP contribution is 2.33. The number of morpholine rings is 1. The van der Waals surface area contributed by atoms with Crippen molar-refractivity contribution in [2.75, 3.05) is 36.5 Å². The van der Waals surface area contributed by atoms with Crippen molar-refractivity contribution in [3.05, 3.63) is 43.2 Å². The SMILES string of the molecule is O=C(Nc1ccc(N2CCOCC2)c(F)c1)c1cc(Br)c(Br)s1. The van der Waals surface area contributed by atoms with Crippen LogP contribution in [0.15, 0.2) is 32.5 Å². The second-order valence-electron chi connectivity index (χ2n) is 4.95. The quantitative estimate of drug-likeness (QED) is 0.728. The summed E-state index contributed by atoms with van der Waals surface area (Å²) in [4.78, 5) is 14.7. The van der Waals surface area contributed by atoms with Crippen molar-refractivity contribution in [3.8, 4) is 0 Å². The summed E-state index contributed by atoms with van der Waals surface area (Å²) in [5, 5.41) is 2.72. The Morgan fingerprint density at radius 1 is 1.26 bits per heavy atom. The van der Waals surface area contributed by atoms with Crippen molar-refractivity contribution in [2.45, 2.75) is 0 Å². The van der Waals surface area contributed by atoms with Gasteiger partial charge in [-0.25, -0.2) is 4.39 Å². The van der Waals surface area contributed by atoms with Gasteiger partial charge in [0.1, 0.15) is 5.82 Å². The van der Waals surface area contributed by atoms with Gasteiger partial charge in [-0.3, -0.25) is 4.79 Å². The molecule has 3 rings (SSSR count). The number of halogens is 3. The Hall–Kier alpha value is -0.960. The Morgan fingerprint density at radius 2 is 2.00 bits per heavy atom. The minimum Gasteiger partial charge on any atom is -0.378 e. The topological polar surface area (TPSA) is 41.6 Å². The second-order valence-corrected chi connectivity index (χ2v) is 8.18. The van der Waals surface area contributed by atoms with Crippen LogP contribution in [0.2, 0.25) is 0 Å². The summed E-state index contributed by atoms with van der Waals surface area (Å²) in [6.45, 7) is 2.53. The molecule has 4 nitrogen and oxygen atoms in total. The Bertz CT molecular complexity index is 713. The average molecular weight is 464 g/mol. The van der Waals surface area contributed by atoms with Crippen LogP contribution in [0.4, 0.5) is 15.8 Å². The number of benzene rings is 1. The fourth-order valence-electron chi connectivity index (χ4n) is 2.30. The van der Waals surface area contributed by atoms with Gasteiger partial charge in [-0.1, -0.05) is 0 Å². The Morgan fingerprint density at radius 3 is 2.61 bits per heavy atom. The first-order valence-corrected chi connectivity index (χ1v) is 9.33. The number of carbonyl (C=O) groups excluding carboxylic acids is 1. The molecule has 0 bridgehead atoms. The first-order valence-electron chi connectivity index (χ1n) is 6.93. The van der Waals surface area contributed by atoms with Gasteiger partial charge in [0.2, 0.25) is 0 Å². The Balaban J connectivity index is 1.73. The third-order valence-corrected chi connectivity index (χ3v) is 6.68. The lowest BCUT2D eigenvalue weighted by Crippen LogP contribution is -2.36. The normalized spacial score (nSPS) is 14.8. The molecule has 2 heterocycles. The third kappa shape index (κ3) is 3.93. The van der Waals surface area contributed by atoms with Crippen LogP contribution >= 0.6 is 43.2 Å². The molecule has 1 amide bonds. The number of nitrogens with one attached hydrogen (secondary N) is 1. The highest BCUT2D eigenvalue weighted by Gasteiger charge is 2.17. The van der Waals surface area contributed by atoms with Crippen molar-refractivity contribution in [1.29, 1.82) is 0 Å². The van der Waals surface area contributed by atoms with Crippen molar-refractivity contribution in [1.82, 2.24) is 0 Å². The average Bonchev–Trinajstić information content (AvgIpc) is 2.88. The lowest BCUT2D eigenvalue weighted by molar-refractivity contribution is 0.103. The molecule has 2 aromatic rings. The molecule has 0 atom stereocenters. The standard InChI is InChI=1S/C15H13Br2FN2O2S/c16-10-8-13(23-14(10)17)15(21)19-9-1-2-12(11(18)7-9)20-3-5-22-6-4-20/h1-2,7-8H,3-6H2,(H,19,21). The molecule has 0 radical (unpaired) electrons. The van der Waals surface area contributed by atoms with E-state index >= 15 is 0 Å². The fraction of sp³-hybridized carbons (Fsp3) is 0.267. The van der Waals surface area contributed by atoms with E-state index in [4.69, 9.17) is 4.74 Å². The Kier molecular flexibility index (Phi) is 5.35. The van der Waals surface area contributed by atoms with Crippen LogP contribution in [0.1, 0.15) is 9.67 Å². The van der Waals surface area contributed by atoms with Crippen molar-refractivity contribution >= 4 is 60.5 Å². The summed E-state index contributed by atoms with van der Waals surface area (Å²) in [5.74, 6) is -0.613. The zero-order valence-electron chi connectivity index (χ0n) is 11.9. The first-order chi connectivity index (χ1) is 11.0. The van der Waals surface area contributed by atoms with Gasteiger partial charge in [0.25, 0.3) is 5.91 Å². The highest BCUT2D eigenvalue weighted by atomic mass is 79.9. The predicted octanol–water partition coefficient (Wildman–Crippen LogP) is 4.50. The molecule has 0 saturated carbocycles. The Labute approximate surface area is 153 Å². The molecule has 122 valence electrons. The van der Waals surface area contributed by atoms with Gasteiger partial charge in [-0.05, 0) is 56.1 Å². The van der Waals surface area contributed by atoms with E-state index in [0.29, 0.717) is 42.6 Å². The summed E-state index contributed by atoms with van der Waals surface area (Å²) in [6.07, 6.45) is 0. The van der Waals surface area contributed by atoms with Gasteiger partial charge in [0.15, 0.2) is 0 Å². The minimum atomic E-state index is -0.349. The molecule has 1 aromatic carbocycles. The number of ether oxygens (including phenoxy) is 1. The van der Waals surface area contributed by atoms with Crippen LogP contribution in [0.5, 0.6) is 0 Å². The number of hydrogen-bond acceptors (Lipinski definition) is 4. The number of thiophene rings is 1. The van der Waals surface area contributed by atoms with Crippen LogP contribution in [-0.2, 0) is 4.74 Å². The smallest absolute Gasteiger partial charge is 0.265 e. The van der Waals surface area contributed by atoms with Crippen LogP contribution in [0.25, 0.3) is 0 Å². The van der Waals surface area contributed by atoms with Gasteiger partial charge in [0.05, 0.1) is 27.6 Å². The minimum absolute atomic E-state index is 0.264. The fourth-order valence-corrected chi connectivity index (χ4v) is 4.23. The van der Waals surface area contributed by atoms with Crippen molar-refractivity contribution in [2.24, 2.45) is 0 Å². The van der Waals surface area contributed by atoms with Crippen LogP contribution in [0.3, 0.4) is 0 Å². The van der Waals surface area contributed by atoms with Crippen molar-refractivity contribution in [3.63, 3.8) is 0 Å². The van der Waals surface area contributed by atoms with Gasteiger partial charge in [0, 0.05) is 23.2 Å². The third-order valence-electron chi connectivity index (χ3n) is 3.43. The van der Waals surface area contributed by atoms with E-state index in [1.54, 1.807) is 18.2 Å². The van der Waals surface area contributed by atoms with Gasteiger partial charge in [-0.2, -0.15) is 0 Å². The monoisotopic (exact) mass is 462 g/mol. The van der Waals surface area contributed by atoms with Gasteiger partial charge in [-0.15, -0.1) is 11.3 Å². The summed E-state index contributed by atoms with van der Waals surface area (Å²) in [5.41, 5.74) is 0.970. The predicted molar refractivity (Wildman–Crippen MR) is 97.1 cm³/mol. The maximum Gasteiger partial charge on any atom is 0.265 e. The number of rotatable bonds is 3. The van der Waals surface area contributed by atoms with E-state index in [0.717, 1.165) is 8.26 Å². The lowest BCUT2D eigenvalue weighted by atomic mass is 10.2. The molecule has 1 aromatic heterocycles. The largest absolute Gasteiger partial charge is 0.378 e. The molecule has 1 aliphatic rings. The van der Waals surface area contributed by atoms with Gasteiger partial charge >= 0.3 is 0 Å². The summed E-state index contributed by atoms with van der Waals surface area (Å²) < 4.78 is 21.2. The van der Waals surface area contributed by atoms with Crippen LogP contribution < -0.4 is 10.2 Å². The molecule has 0 aliphatic carbocycles. The number of anilines is 2. The molecule has 1 N–H and O–H groups in total. The molecule has 23 heavy (non-hydrogen) atoms. The zero-order valence-corrected chi connectivity index (χ0v) is 15.9. The van der Waals surface area contributed by atoms with E-state index in [1.165, 1.54) is 17.4 Å². The summed E-state index contributed by atoms with van der Waals surface area (Å²) in [7, 11) is 0. The number of amides is 1. The molecule has 0 unspecified atom stereocenters. The number of nitrogens with zero attached hydrogens (tertiary/aromatic N) is 1. The van der Waals surface area contributed by atoms with E-state index in [-0.39, 0.29) is 11.7 Å². The molecular formula is C15H13Br2FN2O2S. The summed E-state index contributed by atoms with van der Waals surface area (Å²) >= 11 is 8.01. The van der Waals surface area contributed by atoms with E-state index < -0.39 is 0 Å². The molecule has 1 saturated heterocycles. The molecule has 1 fully saturated rings.